The van der Waals surface area contributed by atoms with Gasteiger partial charge in [0.15, 0.2) is 5.82 Å². The van der Waals surface area contributed by atoms with Crippen LogP contribution in [0.4, 0.5) is 0 Å². The molecular formula is C32H21Cl2N3O2. The molecule has 5 aromatic carbocycles. The Labute approximate surface area is 234 Å². The largest absolute Gasteiger partial charge is 0.488 e. The lowest BCUT2D eigenvalue weighted by atomic mass is 10.0. The average Bonchev–Trinajstić information content (AvgIpc) is 2.97. The lowest BCUT2D eigenvalue weighted by Crippen LogP contribution is -2.20. The molecule has 1 heterocycles. The first-order chi connectivity index (χ1) is 19.1. The maximum Gasteiger partial charge on any atom is 0.282 e. The molecule has 6 rings (SSSR count). The first-order valence-corrected chi connectivity index (χ1v) is 13.0. The molecule has 190 valence electrons. The zero-order valence-corrected chi connectivity index (χ0v) is 22.1. The van der Waals surface area contributed by atoms with E-state index in [2.05, 4.69) is 0 Å². The predicted molar refractivity (Wildman–Crippen MR) is 159 cm³/mol. The molecule has 7 heteroatoms. The number of halogens is 2. The Hall–Kier alpha value is -4.45. The SMILES string of the molecule is O=c1c2ccccc2nc(-c2ccccc2)n1N=Cc1c(OCc2ccc(Cl)cc2Cl)ccc2ccccc12. The number of benzene rings is 5. The van der Waals surface area contributed by atoms with Crippen molar-refractivity contribution in [2.24, 2.45) is 5.10 Å². The van der Waals surface area contributed by atoms with Gasteiger partial charge in [-0.05, 0) is 41.1 Å². The number of ether oxygens (including phenoxy) is 1. The number of fused-ring (bicyclic) bond motifs is 2. The molecule has 6 aromatic rings. The molecular weight excluding hydrogens is 529 g/mol. The average molecular weight is 550 g/mol. The first kappa shape index (κ1) is 24.9. The fourth-order valence-corrected chi connectivity index (χ4v) is 4.91. The summed E-state index contributed by atoms with van der Waals surface area (Å²) in [5.41, 5.74) is 2.67. The van der Waals surface area contributed by atoms with E-state index in [1.807, 2.05) is 91.0 Å². The normalized spacial score (nSPS) is 11.4. The second-order valence-electron chi connectivity index (χ2n) is 8.90. The molecule has 0 spiro atoms. The van der Waals surface area contributed by atoms with E-state index < -0.39 is 0 Å². The quantitative estimate of drug-likeness (QED) is 0.198. The molecule has 0 bridgehead atoms. The molecule has 1 aromatic heterocycles. The molecule has 39 heavy (non-hydrogen) atoms. The van der Waals surface area contributed by atoms with Crippen molar-refractivity contribution in [3.8, 4) is 17.1 Å². The number of para-hydroxylation sites is 1. The van der Waals surface area contributed by atoms with Crippen LogP contribution in [0.1, 0.15) is 11.1 Å². The van der Waals surface area contributed by atoms with Gasteiger partial charge in [-0.1, -0.05) is 102 Å². The molecule has 0 fully saturated rings. The van der Waals surface area contributed by atoms with Crippen molar-refractivity contribution in [2.75, 3.05) is 0 Å². The summed E-state index contributed by atoms with van der Waals surface area (Å²) in [4.78, 5) is 18.4. The van der Waals surface area contributed by atoms with Gasteiger partial charge in [-0.2, -0.15) is 9.78 Å². The molecule has 0 aliphatic heterocycles. The monoisotopic (exact) mass is 549 g/mol. The van der Waals surface area contributed by atoms with E-state index in [-0.39, 0.29) is 12.2 Å². The molecule has 0 aliphatic rings. The molecule has 0 saturated heterocycles. The van der Waals surface area contributed by atoms with Gasteiger partial charge in [0.1, 0.15) is 12.4 Å². The molecule has 0 saturated carbocycles. The Morgan fingerprint density at radius 1 is 0.821 bits per heavy atom. The molecule has 5 nitrogen and oxygen atoms in total. The Morgan fingerprint density at radius 3 is 2.38 bits per heavy atom. The highest BCUT2D eigenvalue weighted by molar-refractivity contribution is 6.35. The molecule has 0 radical (unpaired) electrons. The summed E-state index contributed by atoms with van der Waals surface area (Å²) in [6, 6.07) is 34.0. The zero-order valence-electron chi connectivity index (χ0n) is 20.6. The van der Waals surface area contributed by atoms with Gasteiger partial charge in [-0.15, -0.1) is 0 Å². The van der Waals surface area contributed by atoms with Crippen LogP contribution in [0.25, 0.3) is 33.1 Å². The van der Waals surface area contributed by atoms with Crippen LogP contribution in [-0.4, -0.2) is 15.9 Å². The fourth-order valence-electron chi connectivity index (χ4n) is 4.45. The third-order valence-corrected chi connectivity index (χ3v) is 7.00. The van der Waals surface area contributed by atoms with Gasteiger partial charge in [0.05, 0.1) is 17.1 Å². The maximum atomic E-state index is 13.6. The van der Waals surface area contributed by atoms with E-state index in [9.17, 15) is 4.79 Å². The highest BCUT2D eigenvalue weighted by Gasteiger charge is 2.14. The van der Waals surface area contributed by atoms with E-state index in [0.717, 1.165) is 27.5 Å². The van der Waals surface area contributed by atoms with Crippen molar-refractivity contribution < 1.29 is 4.74 Å². The Morgan fingerprint density at radius 2 is 1.56 bits per heavy atom. The van der Waals surface area contributed by atoms with Gasteiger partial charge < -0.3 is 4.74 Å². The summed E-state index contributed by atoms with van der Waals surface area (Å²) in [6.07, 6.45) is 1.66. The van der Waals surface area contributed by atoms with Crippen LogP contribution in [0.2, 0.25) is 10.0 Å². The molecule has 0 unspecified atom stereocenters. The lowest BCUT2D eigenvalue weighted by molar-refractivity contribution is 0.306. The number of hydrogen-bond acceptors (Lipinski definition) is 4. The molecule has 0 amide bonds. The topological polar surface area (TPSA) is 56.5 Å². The van der Waals surface area contributed by atoms with Crippen LogP contribution in [0.3, 0.4) is 0 Å². The standard InChI is InChI=1S/C32H21Cl2N3O2/c33-24-16-14-23(28(34)18-24)20-39-30-17-15-21-8-4-5-11-25(21)27(30)19-35-37-31(22-9-2-1-3-10-22)36-29-13-7-6-12-26(29)32(37)38/h1-19H,20H2. The van der Waals surface area contributed by atoms with Crippen molar-refractivity contribution in [2.45, 2.75) is 6.61 Å². The minimum absolute atomic E-state index is 0.238. The van der Waals surface area contributed by atoms with Gasteiger partial charge in [0.25, 0.3) is 5.56 Å². The zero-order chi connectivity index (χ0) is 26.8. The number of hydrogen-bond donors (Lipinski definition) is 0. The summed E-state index contributed by atoms with van der Waals surface area (Å²) in [5.74, 6) is 1.05. The molecule has 0 aliphatic carbocycles. The second-order valence-corrected chi connectivity index (χ2v) is 9.75. The fraction of sp³-hybridized carbons (Fsp3) is 0.0312. The maximum absolute atomic E-state index is 13.6. The lowest BCUT2D eigenvalue weighted by Gasteiger charge is -2.13. The third-order valence-electron chi connectivity index (χ3n) is 6.42. The third kappa shape index (κ3) is 5.02. The minimum Gasteiger partial charge on any atom is -0.488 e. The van der Waals surface area contributed by atoms with Crippen LogP contribution in [-0.2, 0) is 6.61 Å². The number of rotatable bonds is 6. The van der Waals surface area contributed by atoms with Crippen LogP contribution >= 0.6 is 23.2 Å². The summed E-state index contributed by atoms with van der Waals surface area (Å²) >= 11 is 12.4. The van der Waals surface area contributed by atoms with Crippen molar-refractivity contribution in [3.63, 3.8) is 0 Å². The first-order valence-electron chi connectivity index (χ1n) is 12.3. The molecule has 0 N–H and O–H groups in total. The Kier molecular flexibility index (Phi) is 6.84. The van der Waals surface area contributed by atoms with Crippen molar-refractivity contribution in [3.05, 3.63) is 141 Å². The van der Waals surface area contributed by atoms with E-state index in [1.165, 1.54) is 4.68 Å². The van der Waals surface area contributed by atoms with Crippen LogP contribution < -0.4 is 10.3 Å². The van der Waals surface area contributed by atoms with Crippen LogP contribution in [0, 0.1) is 0 Å². The smallest absolute Gasteiger partial charge is 0.282 e. The highest BCUT2D eigenvalue weighted by Crippen LogP contribution is 2.29. The minimum atomic E-state index is -0.258. The van der Waals surface area contributed by atoms with Gasteiger partial charge in [0, 0.05) is 26.7 Å². The van der Waals surface area contributed by atoms with Gasteiger partial charge in [-0.3, -0.25) is 4.79 Å². The van der Waals surface area contributed by atoms with E-state index >= 15 is 0 Å². The van der Waals surface area contributed by atoms with E-state index in [1.54, 1.807) is 24.4 Å². The van der Waals surface area contributed by atoms with Crippen molar-refractivity contribution >= 4 is 51.1 Å². The number of aromatic nitrogens is 2. The van der Waals surface area contributed by atoms with E-state index in [4.69, 9.17) is 38.0 Å². The Bertz CT molecular complexity index is 1920. The number of nitrogens with zero attached hydrogens (tertiary/aromatic N) is 3. The van der Waals surface area contributed by atoms with Crippen LogP contribution in [0.5, 0.6) is 5.75 Å². The second kappa shape index (κ2) is 10.7. The highest BCUT2D eigenvalue weighted by atomic mass is 35.5. The van der Waals surface area contributed by atoms with Gasteiger partial charge in [0.2, 0.25) is 0 Å². The summed E-state index contributed by atoms with van der Waals surface area (Å²) < 4.78 is 7.58. The summed E-state index contributed by atoms with van der Waals surface area (Å²) in [6.45, 7) is 0.238. The molecule has 0 atom stereocenters. The van der Waals surface area contributed by atoms with E-state index in [0.29, 0.717) is 32.5 Å². The van der Waals surface area contributed by atoms with Gasteiger partial charge in [-0.25, -0.2) is 4.98 Å². The van der Waals surface area contributed by atoms with Crippen molar-refractivity contribution in [1.82, 2.24) is 9.66 Å². The Balaban J connectivity index is 1.49. The van der Waals surface area contributed by atoms with Gasteiger partial charge >= 0.3 is 0 Å². The summed E-state index contributed by atoms with van der Waals surface area (Å²) in [7, 11) is 0. The van der Waals surface area contributed by atoms with Crippen LogP contribution in [0.15, 0.2) is 119 Å². The summed E-state index contributed by atoms with van der Waals surface area (Å²) in [5, 5.41) is 8.22. The van der Waals surface area contributed by atoms with Crippen molar-refractivity contribution in [1.29, 1.82) is 0 Å². The predicted octanol–water partition coefficient (Wildman–Crippen LogP) is 7.98.